The highest BCUT2D eigenvalue weighted by Gasteiger charge is 2.70. The van der Waals surface area contributed by atoms with E-state index >= 15 is 0 Å². The van der Waals surface area contributed by atoms with E-state index in [0.717, 1.165) is 18.3 Å². The molecule has 5 aliphatic rings. The summed E-state index contributed by atoms with van der Waals surface area (Å²) < 4.78 is 0. The van der Waals surface area contributed by atoms with Crippen LogP contribution in [0.1, 0.15) is 65.2 Å². The fraction of sp³-hybridized carbons (Fsp3) is 1.00. The summed E-state index contributed by atoms with van der Waals surface area (Å²) in [4.78, 5) is 0. The zero-order valence-corrected chi connectivity index (χ0v) is 11.3. The molecule has 5 aliphatic carbocycles. The minimum absolute atomic E-state index is 0.249. The quantitative estimate of drug-likeness (QED) is 0.771. The Morgan fingerprint density at radius 3 is 2.18 bits per heavy atom. The molecule has 5 rings (SSSR count). The molecule has 0 aromatic carbocycles. The first kappa shape index (κ1) is 10.8. The lowest BCUT2D eigenvalue weighted by Gasteiger charge is -2.63. The molecule has 0 aromatic rings. The van der Waals surface area contributed by atoms with Crippen LogP contribution in [0.4, 0.5) is 0 Å². The molecule has 5 fully saturated rings. The second kappa shape index (κ2) is 2.92. The molecule has 4 atom stereocenters. The summed E-state index contributed by atoms with van der Waals surface area (Å²) in [6.07, 6.45) is 10.7. The van der Waals surface area contributed by atoms with E-state index in [-0.39, 0.29) is 5.60 Å². The Hall–Kier alpha value is -0.0400. The van der Waals surface area contributed by atoms with Crippen LogP contribution in [0.5, 0.6) is 0 Å². The minimum atomic E-state index is -0.249. The van der Waals surface area contributed by atoms with Gasteiger partial charge in [-0.1, -0.05) is 20.3 Å². The maximum absolute atomic E-state index is 11.1. The summed E-state index contributed by atoms with van der Waals surface area (Å²) in [7, 11) is 0. The van der Waals surface area contributed by atoms with Gasteiger partial charge in [0.05, 0.1) is 5.60 Å². The zero-order chi connectivity index (χ0) is 11.9. The lowest BCUT2D eigenvalue weighted by atomic mass is 9.42. The van der Waals surface area contributed by atoms with Crippen LogP contribution in [-0.4, -0.2) is 10.7 Å². The van der Waals surface area contributed by atoms with Gasteiger partial charge in [-0.3, -0.25) is 0 Å². The molecule has 0 amide bonds. The van der Waals surface area contributed by atoms with Gasteiger partial charge in [-0.25, -0.2) is 0 Å². The molecule has 0 radical (unpaired) electrons. The highest BCUT2D eigenvalue weighted by atomic mass is 16.3. The molecule has 0 spiro atoms. The van der Waals surface area contributed by atoms with Crippen molar-refractivity contribution in [1.29, 1.82) is 0 Å². The van der Waals surface area contributed by atoms with Gasteiger partial charge < -0.3 is 5.11 Å². The van der Waals surface area contributed by atoms with E-state index < -0.39 is 0 Å². The van der Waals surface area contributed by atoms with E-state index in [1.54, 1.807) is 0 Å². The predicted octanol–water partition coefficient (Wildman–Crippen LogP) is 3.75. The summed E-state index contributed by atoms with van der Waals surface area (Å²) in [6, 6.07) is 0. The van der Waals surface area contributed by atoms with Crippen molar-refractivity contribution >= 4 is 0 Å². The van der Waals surface area contributed by atoms with Gasteiger partial charge >= 0.3 is 0 Å². The largest absolute Gasteiger partial charge is 0.389 e. The second-order valence-corrected chi connectivity index (χ2v) is 8.29. The van der Waals surface area contributed by atoms with Crippen LogP contribution in [-0.2, 0) is 0 Å². The Morgan fingerprint density at radius 2 is 1.71 bits per heavy atom. The number of rotatable bonds is 2. The molecule has 1 N–H and O–H groups in total. The van der Waals surface area contributed by atoms with E-state index in [1.807, 2.05) is 0 Å². The molecule has 0 aliphatic heterocycles. The fourth-order valence-electron chi connectivity index (χ4n) is 6.68. The number of hydrogen-bond acceptors (Lipinski definition) is 1. The van der Waals surface area contributed by atoms with Crippen molar-refractivity contribution < 1.29 is 5.11 Å². The average Bonchev–Trinajstić information content (AvgIpc) is 2.88. The molecule has 4 unspecified atom stereocenters. The highest BCUT2D eigenvalue weighted by molar-refractivity contribution is 5.21. The second-order valence-electron chi connectivity index (χ2n) is 8.29. The van der Waals surface area contributed by atoms with Crippen molar-refractivity contribution in [2.45, 2.75) is 70.8 Å². The van der Waals surface area contributed by atoms with Crippen LogP contribution in [0.15, 0.2) is 0 Å². The van der Waals surface area contributed by atoms with Crippen LogP contribution in [0.2, 0.25) is 0 Å². The molecule has 0 saturated heterocycles. The van der Waals surface area contributed by atoms with E-state index in [2.05, 4.69) is 13.8 Å². The van der Waals surface area contributed by atoms with Crippen LogP contribution < -0.4 is 0 Å². The third-order valence-electron chi connectivity index (χ3n) is 6.84. The van der Waals surface area contributed by atoms with Gasteiger partial charge in [0, 0.05) is 5.41 Å². The van der Waals surface area contributed by atoms with Crippen molar-refractivity contribution in [1.82, 2.24) is 0 Å². The Balaban J connectivity index is 1.71. The third-order valence-corrected chi connectivity index (χ3v) is 6.84. The Bertz CT molecular complexity index is 347. The van der Waals surface area contributed by atoms with Crippen LogP contribution in [0.25, 0.3) is 0 Å². The first-order chi connectivity index (χ1) is 7.99. The number of hydrogen-bond donors (Lipinski definition) is 1. The van der Waals surface area contributed by atoms with Crippen LogP contribution in [0, 0.1) is 28.6 Å². The highest BCUT2D eigenvalue weighted by Crippen LogP contribution is 2.73. The fourth-order valence-corrected chi connectivity index (χ4v) is 6.68. The minimum Gasteiger partial charge on any atom is -0.389 e. The summed E-state index contributed by atoms with van der Waals surface area (Å²) in [5.74, 6) is 2.52. The number of aliphatic hydroxyl groups is 1. The summed E-state index contributed by atoms with van der Waals surface area (Å²) in [5.41, 5.74) is 0.675. The maximum atomic E-state index is 11.1. The average molecular weight is 234 g/mol. The Kier molecular flexibility index (Phi) is 1.86. The van der Waals surface area contributed by atoms with Gasteiger partial charge in [0.25, 0.3) is 0 Å². The van der Waals surface area contributed by atoms with E-state index in [4.69, 9.17) is 0 Å². The normalized spacial score (nSPS) is 64.1. The Labute approximate surface area is 105 Å². The maximum Gasteiger partial charge on any atom is 0.0736 e. The van der Waals surface area contributed by atoms with Crippen molar-refractivity contribution in [2.75, 3.05) is 0 Å². The van der Waals surface area contributed by atoms with Gasteiger partial charge in [0.15, 0.2) is 0 Å². The van der Waals surface area contributed by atoms with Crippen molar-refractivity contribution in [3.05, 3.63) is 0 Å². The van der Waals surface area contributed by atoms with Gasteiger partial charge in [-0.2, -0.15) is 0 Å². The molecule has 1 nitrogen and oxygen atoms in total. The summed E-state index contributed by atoms with van der Waals surface area (Å²) in [5, 5.41) is 11.1. The smallest absolute Gasteiger partial charge is 0.0736 e. The van der Waals surface area contributed by atoms with Gasteiger partial charge in [-0.05, 0) is 68.1 Å². The molecule has 0 aromatic heterocycles. The third kappa shape index (κ3) is 1.25. The molecule has 5 saturated carbocycles. The monoisotopic (exact) mass is 234 g/mol. The van der Waals surface area contributed by atoms with E-state index in [0.29, 0.717) is 16.7 Å². The Morgan fingerprint density at radius 1 is 1.06 bits per heavy atom. The van der Waals surface area contributed by atoms with E-state index in [1.165, 1.54) is 44.9 Å². The van der Waals surface area contributed by atoms with E-state index in [9.17, 15) is 5.11 Å². The summed E-state index contributed by atoms with van der Waals surface area (Å²) in [6.45, 7) is 4.76. The summed E-state index contributed by atoms with van der Waals surface area (Å²) >= 11 is 0. The molecule has 4 bridgehead atoms. The topological polar surface area (TPSA) is 20.2 Å². The molecular weight excluding hydrogens is 208 g/mol. The lowest BCUT2D eigenvalue weighted by molar-refractivity contribution is -0.169. The van der Waals surface area contributed by atoms with Crippen molar-refractivity contribution in [2.24, 2.45) is 28.6 Å². The predicted molar refractivity (Wildman–Crippen MR) is 68.6 cm³/mol. The van der Waals surface area contributed by atoms with Crippen molar-refractivity contribution in [3.63, 3.8) is 0 Å². The standard InChI is InChI=1S/C16H26O/c1-3-13-9-16(13,17)15-7-11-4-12(8-15)6-14(2,5-11)10-15/h11-13,17H,3-10H2,1-2H3. The molecule has 0 heterocycles. The first-order valence-corrected chi connectivity index (χ1v) is 7.71. The van der Waals surface area contributed by atoms with Gasteiger partial charge in [0.1, 0.15) is 0 Å². The zero-order valence-electron chi connectivity index (χ0n) is 11.3. The molecule has 17 heavy (non-hydrogen) atoms. The van der Waals surface area contributed by atoms with Crippen molar-refractivity contribution in [3.8, 4) is 0 Å². The first-order valence-electron chi connectivity index (χ1n) is 7.71. The van der Waals surface area contributed by atoms with Crippen LogP contribution in [0.3, 0.4) is 0 Å². The van der Waals surface area contributed by atoms with Crippen LogP contribution >= 0.6 is 0 Å². The van der Waals surface area contributed by atoms with Gasteiger partial charge in [0.2, 0.25) is 0 Å². The SMILES string of the molecule is CCC1CC1(O)C12CC3CC(CC(C)(C3)C1)C2. The van der Waals surface area contributed by atoms with Gasteiger partial charge in [-0.15, -0.1) is 0 Å². The molecule has 1 heteroatoms. The molecule has 96 valence electrons. The lowest BCUT2D eigenvalue weighted by Crippen LogP contribution is -2.56. The molecular formula is C16H26O.